The number of amidine groups is 1. The van der Waals surface area contributed by atoms with Crippen LogP contribution in [0.1, 0.15) is 0 Å². The summed E-state index contributed by atoms with van der Waals surface area (Å²) >= 11 is 0. The highest BCUT2D eigenvalue weighted by atomic mass is 16.6. The van der Waals surface area contributed by atoms with Crippen molar-refractivity contribution in [2.24, 2.45) is 10.7 Å². The van der Waals surface area contributed by atoms with E-state index in [1.54, 1.807) is 0 Å². The van der Waals surface area contributed by atoms with Crippen molar-refractivity contribution < 1.29 is 14.4 Å². The third-order valence-corrected chi connectivity index (χ3v) is 0.610. The van der Waals surface area contributed by atoms with Crippen LogP contribution in [0.5, 0.6) is 0 Å². The van der Waals surface area contributed by atoms with Crippen molar-refractivity contribution in [3.05, 3.63) is 0 Å². The molecule has 0 aromatic carbocycles. The largest absolute Gasteiger partial charge is 0.468 e. The van der Waals surface area contributed by atoms with Gasteiger partial charge >= 0.3 is 6.03 Å². The zero-order valence-corrected chi connectivity index (χ0v) is 5.75. The average Bonchev–Trinajstić information content (AvgIpc) is 1.88. The van der Waals surface area contributed by atoms with Gasteiger partial charge in [0.25, 0.3) is 6.02 Å². The van der Waals surface area contributed by atoms with Crippen LogP contribution in [0.3, 0.4) is 0 Å². The van der Waals surface area contributed by atoms with E-state index < -0.39 is 6.03 Å². The molecule has 0 unspecified atom stereocenters. The van der Waals surface area contributed by atoms with E-state index in [4.69, 9.17) is 5.73 Å². The molecule has 2 amide bonds. The molecule has 0 fully saturated rings. The van der Waals surface area contributed by atoms with Gasteiger partial charge in [-0.05, 0) is 0 Å². The number of hydrogen-bond donors (Lipinski definition) is 2. The number of methoxy groups -OCH3 is 1. The molecular weight excluding hydrogens is 138 g/mol. The van der Waals surface area contributed by atoms with Crippen LogP contribution in [0, 0.1) is 0 Å². The van der Waals surface area contributed by atoms with Crippen LogP contribution in [-0.2, 0) is 9.57 Å². The molecule has 58 valence electrons. The zero-order chi connectivity index (χ0) is 7.98. The van der Waals surface area contributed by atoms with Crippen LogP contribution >= 0.6 is 0 Å². The lowest BCUT2D eigenvalue weighted by Gasteiger charge is -1.96. The van der Waals surface area contributed by atoms with Crippen molar-refractivity contribution in [2.75, 3.05) is 14.2 Å². The first-order chi connectivity index (χ1) is 4.70. The predicted octanol–water partition coefficient (Wildman–Crippen LogP) is -0.781. The molecule has 0 radical (unpaired) electrons. The minimum atomic E-state index is -0.707. The summed E-state index contributed by atoms with van der Waals surface area (Å²) in [6, 6.07) is -0.920. The molecule has 6 heteroatoms. The molecular formula is C4H9N3O3. The SMILES string of the molecule is CONC(=O)/N=C(\N)OC. The number of aliphatic imine (C=N–C) groups is 1. The summed E-state index contributed by atoms with van der Waals surface area (Å²) in [5.41, 5.74) is 6.94. The van der Waals surface area contributed by atoms with Gasteiger partial charge in [-0.3, -0.25) is 4.84 Å². The molecule has 0 heterocycles. The highest BCUT2D eigenvalue weighted by molar-refractivity contribution is 5.87. The predicted molar refractivity (Wildman–Crippen MR) is 34.2 cm³/mol. The number of carbonyl (C=O) groups excluding carboxylic acids is 1. The lowest BCUT2D eigenvalue weighted by atomic mass is 11.0. The normalized spacial score (nSPS) is 10.8. The molecule has 0 saturated heterocycles. The molecule has 0 atom stereocenters. The van der Waals surface area contributed by atoms with Crippen molar-refractivity contribution in [3.63, 3.8) is 0 Å². The number of ether oxygens (including phenoxy) is 1. The van der Waals surface area contributed by atoms with E-state index >= 15 is 0 Å². The maximum absolute atomic E-state index is 10.4. The minimum Gasteiger partial charge on any atom is -0.468 e. The second kappa shape index (κ2) is 4.57. The first-order valence-electron chi connectivity index (χ1n) is 2.41. The third-order valence-electron chi connectivity index (χ3n) is 0.610. The molecule has 0 aliphatic carbocycles. The topological polar surface area (TPSA) is 85.9 Å². The Morgan fingerprint density at radius 2 is 2.20 bits per heavy atom. The maximum Gasteiger partial charge on any atom is 0.369 e. The quantitative estimate of drug-likeness (QED) is 0.289. The van der Waals surface area contributed by atoms with Crippen molar-refractivity contribution in [3.8, 4) is 0 Å². The number of nitrogens with zero attached hydrogens (tertiary/aromatic N) is 1. The summed E-state index contributed by atoms with van der Waals surface area (Å²) in [6.45, 7) is 0. The second-order valence-corrected chi connectivity index (χ2v) is 1.27. The molecule has 3 N–H and O–H groups in total. The first kappa shape index (κ1) is 8.70. The Kier molecular flexibility index (Phi) is 3.97. The third kappa shape index (κ3) is 3.67. The van der Waals surface area contributed by atoms with Crippen LogP contribution in [0.2, 0.25) is 0 Å². The molecule has 0 saturated carbocycles. The molecule has 0 aromatic heterocycles. The van der Waals surface area contributed by atoms with Gasteiger partial charge in [0.2, 0.25) is 0 Å². The van der Waals surface area contributed by atoms with Crippen LogP contribution in [0.4, 0.5) is 4.79 Å². The Morgan fingerprint density at radius 1 is 1.60 bits per heavy atom. The summed E-state index contributed by atoms with van der Waals surface area (Å²) < 4.78 is 4.38. The van der Waals surface area contributed by atoms with Gasteiger partial charge in [0.15, 0.2) is 0 Å². The van der Waals surface area contributed by atoms with Crippen molar-refractivity contribution in [1.82, 2.24) is 5.48 Å². The van der Waals surface area contributed by atoms with E-state index in [1.165, 1.54) is 14.2 Å². The second-order valence-electron chi connectivity index (χ2n) is 1.27. The molecule has 0 rings (SSSR count). The average molecular weight is 147 g/mol. The van der Waals surface area contributed by atoms with Crippen LogP contribution in [0.15, 0.2) is 4.99 Å². The molecule has 10 heavy (non-hydrogen) atoms. The highest BCUT2D eigenvalue weighted by Gasteiger charge is 1.96. The van der Waals surface area contributed by atoms with E-state index in [1.807, 2.05) is 5.48 Å². The van der Waals surface area contributed by atoms with Gasteiger partial charge in [-0.25, -0.2) is 10.3 Å². The van der Waals surface area contributed by atoms with Gasteiger partial charge in [0, 0.05) is 0 Å². The van der Waals surface area contributed by atoms with E-state index in [-0.39, 0.29) is 6.02 Å². The smallest absolute Gasteiger partial charge is 0.369 e. The summed E-state index contributed by atoms with van der Waals surface area (Å²) in [7, 11) is 2.59. The van der Waals surface area contributed by atoms with Crippen LogP contribution in [-0.4, -0.2) is 26.3 Å². The monoisotopic (exact) mass is 147 g/mol. The highest BCUT2D eigenvalue weighted by Crippen LogP contribution is 1.74. The first-order valence-corrected chi connectivity index (χ1v) is 2.41. The molecule has 0 aromatic rings. The standard InChI is InChI=1S/C4H9N3O3/c1-9-3(5)6-4(8)7-10-2/h1-2H3,(H3,5,6,7,8). The Hall–Kier alpha value is -1.30. The molecule has 0 bridgehead atoms. The number of urea groups is 1. The van der Waals surface area contributed by atoms with Crippen LogP contribution in [0.25, 0.3) is 0 Å². The Labute approximate surface area is 58.0 Å². The Morgan fingerprint density at radius 3 is 2.60 bits per heavy atom. The van der Waals surface area contributed by atoms with E-state index in [9.17, 15) is 4.79 Å². The summed E-state index contributed by atoms with van der Waals surface area (Å²) in [5.74, 6) is 0. The number of rotatable bonds is 1. The van der Waals surface area contributed by atoms with Gasteiger partial charge in [0.05, 0.1) is 14.2 Å². The Bertz CT molecular complexity index is 145. The maximum atomic E-state index is 10.4. The van der Waals surface area contributed by atoms with E-state index in [2.05, 4.69) is 14.6 Å². The van der Waals surface area contributed by atoms with Gasteiger partial charge in [-0.15, -0.1) is 4.99 Å². The zero-order valence-electron chi connectivity index (χ0n) is 5.75. The van der Waals surface area contributed by atoms with E-state index in [0.29, 0.717) is 0 Å². The summed E-state index contributed by atoms with van der Waals surface area (Å²) in [4.78, 5) is 17.8. The van der Waals surface area contributed by atoms with Gasteiger partial charge in [0.1, 0.15) is 0 Å². The molecule has 0 aliphatic heterocycles. The van der Waals surface area contributed by atoms with Crippen molar-refractivity contribution in [2.45, 2.75) is 0 Å². The van der Waals surface area contributed by atoms with Crippen molar-refractivity contribution in [1.29, 1.82) is 0 Å². The lowest BCUT2D eigenvalue weighted by molar-refractivity contribution is 0.112. The lowest BCUT2D eigenvalue weighted by Crippen LogP contribution is -2.23. The number of hydrogen-bond acceptors (Lipinski definition) is 3. The number of carbonyl (C=O) groups is 1. The number of amides is 2. The summed E-state index contributed by atoms with van der Waals surface area (Å²) in [6.07, 6.45) is 0. The van der Waals surface area contributed by atoms with Crippen molar-refractivity contribution >= 4 is 12.1 Å². The minimum absolute atomic E-state index is 0.213. The number of nitrogens with one attached hydrogen (secondary N) is 1. The van der Waals surface area contributed by atoms with Crippen LogP contribution < -0.4 is 11.2 Å². The fourth-order valence-corrected chi connectivity index (χ4v) is 0.256. The fourth-order valence-electron chi connectivity index (χ4n) is 0.256. The van der Waals surface area contributed by atoms with E-state index in [0.717, 1.165) is 0 Å². The molecule has 0 spiro atoms. The summed E-state index contributed by atoms with van der Waals surface area (Å²) in [5, 5.41) is 0. The Balaban J connectivity index is 3.75. The van der Waals surface area contributed by atoms with Gasteiger partial charge in [-0.1, -0.05) is 0 Å². The molecule has 6 nitrogen and oxygen atoms in total. The number of hydroxylamine groups is 1. The number of nitrogens with two attached hydrogens (primary N) is 1. The molecule has 0 aliphatic rings. The van der Waals surface area contributed by atoms with Gasteiger partial charge in [-0.2, -0.15) is 0 Å². The van der Waals surface area contributed by atoms with Gasteiger partial charge < -0.3 is 10.5 Å². The fraction of sp³-hybridized carbons (Fsp3) is 0.500.